The average molecular weight is 435 g/mol. The van der Waals surface area contributed by atoms with Gasteiger partial charge in [0.1, 0.15) is 0 Å². The monoisotopic (exact) mass is 433 g/mol. The quantitative estimate of drug-likeness (QED) is 0.584. The van der Waals surface area contributed by atoms with Crippen LogP contribution in [0, 0.1) is 0 Å². The average Bonchev–Trinajstić information content (AvgIpc) is 2.70. The molecule has 1 saturated heterocycles. The molecule has 1 aromatic heterocycles. The highest BCUT2D eigenvalue weighted by Crippen LogP contribution is 2.31. The van der Waals surface area contributed by atoms with Gasteiger partial charge < -0.3 is 10.2 Å². The number of benzene rings is 2. The molecule has 2 aromatic carbocycles. The number of amides is 1. The smallest absolute Gasteiger partial charge is 0.253 e. The first-order valence-electron chi connectivity index (χ1n) is 9.07. The van der Waals surface area contributed by atoms with E-state index in [1.54, 1.807) is 24.4 Å². The Bertz CT molecular complexity index is 1030. The van der Waals surface area contributed by atoms with Gasteiger partial charge in [0, 0.05) is 36.4 Å². The molecule has 0 bridgehead atoms. The number of pyridine rings is 1. The largest absolute Gasteiger partial charge is 0.371 e. The molecular weight excluding hydrogens is 417 g/mol. The van der Waals surface area contributed by atoms with Crippen molar-refractivity contribution in [3.05, 3.63) is 69.3 Å². The van der Waals surface area contributed by atoms with Gasteiger partial charge in [-0.2, -0.15) is 0 Å². The van der Waals surface area contributed by atoms with Gasteiger partial charge in [-0.05, 0) is 37.1 Å². The highest BCUT2D eigenvalue weighted by atomic mass is 35.5. The Morgan fingerprint density at radius 2 is 1.71 bits per heavy atom. The number of hydrogen-bond donors (Lipinski definition) is 1. The molecule has 4 rings (SSSR count). The lowest BCUT2D eigenvalue weighted by molar-refractivity contribution is 0.0931. The van der Waals surface area contributed by atoms with E-state index in [-0.39, 0.29) is 11.9 Å². The minimum absolute atomic E-state index is 0.0930. The summed E-state index contributed by atoms with van der Waals surface area (Å²) in [5.41, 5.74) is 2.34. The van der Waals surface area contributed by atoms with Crippen molar-refractivity contribution in [2.75, 3.05) is 18.0 Å². The van der Waals surface area contributed by atoms with E-state index in [9.17, 15) is 4.79 Å². The molecule has 1 aliphatic rings. The SMILES string of the molecule is O=C(NC1CCN(c2ccnc3c(Cl)cccc23)CC1)c1cccc(Cl)c1Cl. The number of carbonyl (C=O) groups is 1. The fourth-order valence-electron chi connectivity index (χ4n) is 3.61. The fourth-order valence-corrected chi connectivity index (χ4v) is 4.22. The second kappa shape index (κ2) is 8.16. The van der Waals surface area contributed by atoms with Gasteiger partial charge in [0.05, 0.1) is 26.1 Å². The van der Waals surface area contributed by atoms with Gasteiger partial charge in [-0.3, -0.25) is 9.78 Å². The Morgan fingerprint density at radius 1 is 1.00 bits per heavy atom. The highest BCUT2D eigenvalue weighted by molar-refractivity contribution is 6.43. The predicted octanol–water partition coefficient (Wildman–Crippen LogP) is 5.59. The lowest BCUT2D eigenvalue weighted by atomic mass is 10.0. The summed E-state index contributed by atoms with van der Waals surface area (Å²) < 4.78 is 0. The number of carbonyl (C=O) groups excluding carboxylic acids is 1. The third kappa shape index (κ3) is 3.77. The Hall–Kier alpha value is -2.01. The van der Waals surface area contributed by atoms with Crippen LogP contribution in [0.15, 0.2) is 48.7 Å². The molecule has 2 heterocycles. The van der Waals surface area contributed by atoms with Crippen molar-refractivity contribution in [1.82, 2.24) is 10.3 Å². The third-order valence-corrected chi connectivity index (χ3v) is 6.19. The Balaban J connectivity index is 1.45. The van der Waals surface area contributed by atoms with Crippen LogP contribution in [-0.2, 0) is 0 Å². The zero-order valence-corrected chi connectivity index (χ0v) is 17.2. The number of rotatable bonds is 3. The first-order valence-corrected chi connectivity index (χ1v) is 10.2. The highest BCUT2D eigenvalue weighted by Gasteiger charge is 2.23. The molecule has 1 aliphatic heterocycles. The van der Waals surface area contributed by atoms with Crippen molar-refractivity contribution >= 4 is 57.3 Å². The topological polar surface area (TPSA) is 45.2 Å². The number of para-hydroxylation sites is 1. The molecular formula is C21H18Cl3N3O. The molecule has 28 heavy (non-hydrogen) atoms. The summed E-state index contributed by atoms with van der Waals surface area (Å²) in [6.07, 6.45) is 3.47. The van der Waals surface area contributed by atoms with E-state index in [1.165, 1.54) is 0 Å². The van der Waals surface area contributed by atoms with Crippen LogP contribution in [-0.4, -0.2) is 30.0 Å². The van der Waals surface area contributed by atoms with Gasteiger partial charge in [-0.1, -0.05) is 53.0 Å². The van der Waals surface area contributed by atoms with E-state index in [4.69, 9.17) is 34.8 Å². The third-order valence-electron chi connectivity index (χ3n) is 5.07. The number of anilines is 1. The minimum atomic E-state index is -0.188. The van der Waals surface area contributed by atoms with Crippen molar-refractivity contribution in [3.8, 4) is 0 Å². The van der Waals surface area contributed by atoms with Gasteiger partial charge in [0.2, 0.25) is 0 Å². The molecule has 0 aliphatic carbocycles. The van der Waals surface area contributed by atoms with Crippen LogP contribution in [0.4, 0.5) is 5.69 Å². The zero-order valence-electron chi connectivity index (χ0n) is 15.0. The molecule has 0 atom stereocenters. The number of nitrogens with zero attached hydrogens (tertiary/aromatic N) is 2. The summed E-state index contributed by atoms with van der Waals surface area (Å²) >= 11 is 18.5. The normalized spacial score (nSPS) is 15.0. The standard InChI is InChI=1S/C21H18Cl3N3O/c22-16-5-2-4-15(19(16)24)21(28)26-13-8-11-27(12-9-13)18-7-10-25-20-14(18)3-1-6-17(20)23/h1-7,10,13H,8-9,11-12H2,(H,26,28). The summed E-state index contributed by atoms with van der Waals surface area (Å²) in [4.78, 5) is 19.3. The van der Waals surface area contributed by atoms with E-state index in [0.29, 0.717) is 20.6 Å². The first-order chi connectivity index (χ1) is 13.5. The number of nitrogens with one attached hydrogen (secondary N) is 1. The maximum absolute atomic E-state index is 12.6. The molecule has 0 unspecified atom stereocenters. The maximum Gasteiger partial charge on any atom is 0.253 e. The Morgan fingerprint density at radius 3 is 2.50 bits per heavy atom. The van der Waals surface area contributed by atoms with Crippen molar-refractivity contribution < 1.29 is 4.79 Å². The van der Waals surface area contributed by atoms with Gasteiger partial charge in [-0.15, -0.1) is 0 Å². The molecule has 7 heteroatoms. The number of halogens is 3. The van der Waals surface area contributed by atoms with Crippen LogP contribution in [0.25, 0.3) is 10.9 Å². The maximum atomic E-state index is 12.6. The van der Waals surface area contributed by atoms with E-state index in [0.717, 1.165) is 42.5 Å². The molecule has 3 aromatic rings. The van der Waals surface area contributed by atoms with Gasteiger partial charge in [-0.25, -0.2) is 0 Å². The van der Waals surface area contributed by atoms with Gasteiger partial charge >= 0.3 is 0 Å². The number of fused-ring (bicyclic) bond motifs is 1. The number of hydrogen-bond acceptors (Lipinski definition) is 3. The van der Waals surface area contributed by atoms with Crippen molar-refractivity contribution in [3.63, 3.8) is 0 Å². The van der Waals surface area contributed by atoms with Gasteiger partial charge in [0.25, 0.3) is 5.91 Å². The predicted molar refractivity (Wildman–Crippen MR) is 116 cm³/mol. The number of piperidine rings is 1. The van der Waals surface area contributed by atoms with Crippen molar-refractivity contribution in [2.45, 2.75) is 18.9 Å². The van der Waals surface area contributed by atoms with Gasteiger partial charge in [0.15, 0.2) is 0 Å². The van der Waals surface area contributed by atoms with Crippen LogP contribution in [0.1, 0.15) is 23.2 Å². The minimum Gasteiger partial charge on any atom is -0.371 e. The summed E-state index contributed by atoms with van der Waals surface area (Å²) in [5, 5.41) is 5.45. The lowest BCUT2D eigenvalue weighted by Crippen LogP contribution is -2.44. The van der Waals surface area contributed by atoms with Crippen molar-refractivity contribution in [2.24, 2.45) is 0 Å². The first kappa shape index (κ1) is 19.3. The molecule has 1 amide bonds. The summed E-state index contributed by atoms with van der Waals surface area (Å²) in [7, 11) is 0. The second-order valence-electron chi connectivity index (χ2n) is 6.80. The van der Waals surface area contributed by atoms with Crippen LogP contribution >= 0.6 is 34.8 Å². The van der Waals surface area contributed by atoms with E-state index in [2.05, 4.69) is 15.2 Å². The summed E-state index contributed by atoms with van der Waals surface area (Å²) in [6.45, 7) is 1.67. The lowest BCUT2D eigenvalue weighted by Gasteiger charge is -2.34. The molecule has 1 fully saturated rings. The molecule has 1 N–H and O–H groups in total. The van der Waals surface area contributed by atoms with E-state index >= 15 is 0 Å². The van der Waals surface area contributed by atoms with Crippen molar-refractivity contribution in [1.29, 1.82) is 0 Å². The molecule has 0 spiro atoms. The van der Waals surface area contributed by atoms with E-state index in [1.807, 2.05) is 24.3 Å². The van der Waals surface area contributed by atoms with Crippen LogP contribution in [0.5, 0.6) is 0 Å². The van der Waals surface area contributed by atoms with E-state index < -0.39 is 0 Å². The second-order valence-corrected chi connectivity index (χ2v) is 7.99. The van der Waals surface area contributed by atoms with Crippen LogP contribution in [0.3, 0.4) is 0 Å². The number of aromatic nitrogens is 1. The Labute approximate surface area is 178 Å². The summed E-state index contributed by atoms with van der Waals surface area (Å²) in [5.74, 6) is -0.188. The fraction of sp³-hybridized carbons (Fsp3) is 0.238. The molecule has 144 valence electrons. The van der Waals surface area contributed by atoms with Crippen LogP contribution < -0.4 is 10.2 Å². The van der Waals surface area contributed by atoms with Crippen LogP contribution in [0.2, 0.25) is 15.1 Å². The summed E-state index contributed by atoms with van der Waals surface area (Å²) in [6, 6.07) is 13.0. The molecule has 4 nitrogen and oxygen atoms in total. The molecule has 0 radical (unpaired) electrons. The molecule has 0 saturated carbocycles. The Kier molecular flexibility index (Phi) is 5.63. The zero-order chi connectivity index (χ0) is 19.7.